The van der Waals surface area contributed by atoms with Gasteiger partial charge in [-0.15, -0.1) is 0 Å². The van der Waals surface area contributed by atoms with Gasteiger partial charge in [-0.1, -0.05) is 26.7 Å². The van der Waals surface area contributed by atoms with E-state index in [1.165, 1.54) is 0 Å². The van der Waals surface area contributed by atoms with Crippen LogP contribution < -0.4 is 10.6 Å². The van der Waals surface area contributed by atoms with Gasteiger partial charge in [0, 0.05) is 13.0 Å². The van der Waals surface area contributed by atoms with Crippen LogP contribution in [-0.2, 0) is 9.59 Å². The fraction of sp³-hybridized carbons (Fsp3) is 0.769. The molecular weight excluding hydrogens is 264 g/mol. The Labute approximate surface area is 118 Å². The number of amides is 2. The summed E-state index contributed by atoms with van der Waals surface area (Å²) in [6.45, 7) is 4.73. The molecule has 1 atom stereocenters. The van der Waals surface area contributed by atoms with Crippen LogP contribution in [0.4, 0.5) is 4.79 Å². The van der Waals surface area contributed by atoms with E-state index in [0.29, 0.717) is 12.5 Å². The van der Waals surface area contributed by atoms with E-state index in [1.54, 1.807) is 0 Å². The molecule has 0 aliphatic carbocycles. The number of carbonyl (C=O) groups excluding carboxylic acids is 1. The highest BCUT2D eigenvalue weighted by Gasteiger charge is 2.20. The molecule has 2 amide bonds. The van der Waals surface area contributed by atoms with Crippen LogP contribution in [0, 0.1) is 5.92 Å². The molecule has 0 aromatic carbocycles. The van der Waals surface area contributed by atoms with Gasteiger partial charge in [-0.3, -0.25) is 4.79 Å². The first-order valence-corrected chi connectivity index (χ1v) is 6.82. The molecule has 0 aliphatic rings. The first kappa shape index (κ1) is 18.2. The van der Waals surface area contributed by atoms with E-state index in [4.69, 9.17) is 10.2 Å². The SMILES string of the molecule is CC(C)CCCCNC(=O)NC(CCC(=O)O)C(=O)O. The highest BCUT2D eigenvalue weighted by atomic mass is 16.4. The number of rotatable bonds is 10. The van der Waals surface area contributed by atoms with Crippen molar-refractivity contribution in [2.45, 2.75) is 52.0 Å². The second kappa shape index (κ2) is 10.1. The van der Waals surface area contributed by atoms with Gasteiger partial charge in [-0.2, -0.15) is 0 Å². The minimum atomic E-state index is -1.23. The van der Waals surface area contributed by atoms with E-state index < -0.39 is 24.0 Å². The summed E-state index contributed by atoms with van der Waals surface area (Å²) in [5.74, 6) is -1.70. The van der Waals surface area contributed by atoms with Gasteiger partial charge in [0.15, 0.2) is 0 Å². The molecule has 0 radical (unpaired) electrons. The maximum absolute atomic E-state index is 11.5. The Morgan fingerprint density at radius 2 is 1.70 bits per heavy atom. The summed E-state index contributed by atoms with van der Waals surface area (Å²) in [5.41, 5.74) is 0. The number of carboxylic acid groups (broad SMARTS) is 2. The number of unbranched alkanes of at least 4 members (excludes halogenated alkanes) is 1. The summed E-state index contributed by atoms with van der Waals surface area (Å²) in [7, 11) is 0. The lowest BCUT2D eigenvalue weighted by atomic mass is 10.1. The van der Waals surface area contributed by atoms with Gasteiger partial charge < -0.3 is 20.8 Å². The van der Waals surface area contributed by atoms with E-state index in [-0.39, 0.29) is 12.8 Å². The minimum absolute atomic E-state index is 0.133. The highest BCUT2D eigenvalue weighted by molar-refractivity contribution is 5.82. The van der Waals surface area contributed by atoms with Crippen LogP contribution in [0.1, 0.15) is 46.0 Å². The van der Waals surface area contributed by atoms with Crippen molar-refractivity contribution in [3.8, 4) is 0 Å². The molecule has 0 aromatic heterocycles. The molecule has 0 aliphatic heterocycles. The van der Waals surface area contributed by atoms with E-state index >= 15 is 0 Å². The second-order valence-corrected chi connectivity index (χ2v) is 5.11. The summed E-state index contributed by atoms with van der Waals surface area (Å²) in [4.78, 5) is 32.7. The lowest BCUT2D eigenvalue weighted by molar-refractivity contribution is -0.140. The molecule has 20 heavy (non-hydrogen) atoms. The summed E-state index contributed by atoms with van der Waals surface area (Å²) in [6.07, 6.45) is 2.48. The Bertz CT molecular complexity index is 331. The zero-order valence-electron chi connectivity index (χ0n) is 12.0. The first-order valence-electron chi connectivity index (χ1n) is 6.82. The Kier molecular flexibility index (Phi) is 9.15. The molecule has 7 nitrogen and oxygen atoms in total. The van der Waals surface area contributed by atoms with Gasteiger partial charge in [0.25, 0.3) is 0 Å². The molecule has 0 saturated carbocycles. The zero-order chi connectivity index (χ0) is 15.5. The molecule has 0 aromatic rings. The second-order valence-electron chi connectivity index (χ2n) is 5.11. The normalized spacial score (nSPS) is 11.9. The molecule has 0 rings (SSSR count). The van der Waals surface area contributed by atoms with Crippen molar-refractivity contribution in [3.63, 3.8) is 0 Å². The van der Waals surface area contributed by atoms with E-state index in [0.717, 1.165) is 19.3 Å². The molecule has 4 N–H and O–H groups in total. The molecule has 1 unspecified atom stereocenters. The van der Waals surface area contributed by atoms with E-state index in [2.05, 4.69) is 24.5 Å². The average molecular weight is 288 g/mol. The van der Waals surface area contributed by atoms with E-state index in [9.17, 15) is 14.4 Å². The first-order chi connectivity index (χ1) is 9.32. The fourth-order valence-corrected chi connectivity index (χ4v) is 1.61. The van der Waals surface area contributed by atoms with Gasteiger partial charge in [0.2, 0.25) is 0 Å². The van der Waals surface area contributed by atoms with Crippen LogP contribution in [0.25, 0.3) is 0 Å². The molecule has 0 heterocycles. The molecule has 0 saturated heterocycles. The topological polar surface area (TPSA) is 116 Å². The predicted molar refractivity (Wildman–Crippen MR) is 73.5 cm³/mol. The van der Waals surface area contributed by atoms with Gasteiger partial charge in [0.05, 0.1) is 0 Å². The Balaban J connectivity index is 3.89. The summed E-state index contributed by atoms with van der Waals surface area (Å²) < 4.78 is 0. The third-order valence-corrected chi connectivity index (χ3v) is 2.74. The van der Waals surface area contributed by atoms with Crippen LogP contribution >= 0.6 is 0 Å². The van der Waals surface area contributed by atoms with Crippen molar-refractivity contribution in [1.82, 2.24) is 10.6 Å². The Hall–Kier alpha value is -1.79. The number of hydrogen-bond acceptors (Lipinski definition) is 3. The third-order valence-electron chi connectivity index (χ3n) is 2.74. The smallest absolute Gasteiger partial charge is 0.326 e. The Morgan fingerprint density at radius 1 is 1.05 bits per heavy atom. The van der Waals surface area contributed by atoms with Crippen LogP contribution in [0.2, 0.25) is 0 Å². The predicted octanol–water partition coefficient (Wildman–Crippen LogP) is 1.43. The van der Waals surface area contributed by atoms with Crippen molar-refractivity contribution in [2.24, 2.45) is 5.92 Å². The van der Waals surface area contributed by atoms with Crippen LogP contribution in [-0.4, -0.2) is 40.8 Å². The number of aliphatic carboxylic acids is 2. The standard InChI is InChI=1S/C13H24N2O5/c1-9(2)5-3-4-8-14-13(20)15-10(12(18)19)6-7-11(16)17/h9-10H,3-8H2,1-2H3,(H,16,17)(H,18,19)(H2,14,15,20). The van der Waals surface area contributed by atoms with Crippen LogP contribution in [0.5, 0.6) is 0 Å². The number of carboxylic acids is 2. The maximum Gasteiger partial charge on any atom is 0.326 e. The Morgan fingerprint density at radius 3 is 2.20 bits per heavy atom. The lowest BCUT2D eigenvalue weighted by Gasteiger charge is -2.14. The highest BCUT2D eigenvalue weighted by Crippen LogP contribution is 2.05. The largest absolute Gasteiger partial charge is 0.481 e. The number of hydrogen-bond donors (Lipinski definition) is 4. The molecule has 7 heteroatoms. The van der Waals surface area contributed by atoms with Crippen LogP contribution in [0.3, 0.4) is 0 Å². The van der Waals surface area contributed by atoms with Gasteiger partial charge in [-0.25, -0.2) is 9.59 Å². The van der Waals surface area contributed by atoms with E-state index in [1.807, 2.05) is 0 Å². The fourth-order valence-electron chi connectivity index (χ4n) is 1.61. The summed E-state index contributed by atoms with van der Waals surface area (Å²) >= 11 is 0. The van der Waals surface area contributed by atoms with Gasteiger partial charge in [-0.05, 0) is 18.8 Å². The monoisotopic (exact) mass is 288 g/mol. The zero-order valence-corrected chi connectivity index (χ0v) is 12.0. The number of carbonyl (C=O) groups is 3. The van der Waals surface area contributed by atoms with Crippen molar-refractivity contribution in [2.75, 3.05) is 6.54 Å². The molecule has 116 valence electrons. The van der Waals surface area contributed by atoms with Gasteiger partial charge in [0.1, 0.15) is 6.04 Å². The summed E-state index contributed by atoms with van der Waals surface area (Å²) in [6, 6.07) is -1.76. The van der Waals surface area contributed by atoms with Crippen molar-refractivity contribution < 1.29 is 24.6 Å². The molecule has 0 spiro atoms. The van der Waals surface area contributed by atoms with Crippen molar-refractivity contribution in [3.05, 3.63) is 0 Å². The average Bonchev–Trinajstić information content (AvgIpc) is 2.32. The molecule has 0 bridgehead atoms. The number of nitrogens with one attached hydrogen (secondary N) is 2. The quantitative estimate of drug-likeness (QED) is 0.454. The lowest BCUT2D eigenvalue weighted by Crippen LogP contribution is -2.46. The van der Waals surface area contributed by atoms with Crippen molar-refractivity contribution in [1.29, 1.82) is 0 Å². The number of urea groups is 1. The van der Waals surface area contributed by atoms with Crippen molar-refractivity contribution >= 4 is 18.0 Å². The maximum atomic E-state index is 11.5. The minimum Gasteiger partial charge on any atom is -0.481 e. The van der Waals surface area contributed by atoms with Crippen LogP contribution in [0.15, 0.2) is 0 Å². The molecular formula is C13H24N2O5. The summed E-state index contributed by atoms with van der Waals surface area (Å²) in [5, 5.41) is 22.2. The molecule has 0 fully saturated rings. The van der Waals surface area contributed by atoms with Gasteiger partial charge >= 0.3 is 18.0 Å². The third kappa shape index (κ3) is 10.2.